The first-order valence-electron chi connectivity index (χ1n) is 12.8. The number of allylic oxidation sites excluding steroid dienone is 5. The molecular weight excluding hydrogens is 491 g/mol. The largest absolute Gasteiger partial charge is 0.359 e. The quantitative estimate of drug-likeness (QED) is 0.203. The summed E-state index contributed by atoms with van der Waals surface area (Å²) in [6.07, 6.45) is 15.5. The number of aromatic amines is 2. The summed E-state index contributed by atoms with van der Waals surface area (Å²) in [5.41, 5.74) is 6.21. The van der Waals surface area contributed by atoms with E-state index in [2.05, 4.69) is 48.6 Å². The number of rotatable bonds is 8. The van der Waals surface area contributed by atoms with Crippen LogP contribution < -0.4 is 5.32 Å². The maximum atomic E-state index is 16.2. The third-order valence-electron chi connectivity index (χ3n) is 7.12. The second-order valence-electron chi connectivity index (χ2n) is 9.49. The number of aromatic nitrogens is 7. The topological polar surface area (TPSA) is 108 Å². The minimum absolute atomic E-state index is 0.204. The summed E-state index contributed by atoms with van der Waals surface area (Å²) in [5.74, 6) is 0.380. The minimum atomic E-state index is -0.495. The molecule has 3 N–H and O–H groups in total. The number of hydrogen-bond donors (Lipinski definition) is 3. The number of pyridine rings is 3. The Balaban J connectivity index is 1.41. The van der Waals surface area contributed by atoms with Crippen LogP contribution in [0.4, 0.5) is 4.39 Å². The molecule has 5 aromatic rings. The predicted molar refractivity (Wildman–Crippen MR) is 152 cm³/mol. The molecule has 0 saturated heterocycles. The highest BCUT2D eigenvalue weighted by Crippen LogP contribution is 2.34. The molecule has 5 heterocycles. The molecule has 0 radical (unpaired) electrons. The third-order valence-corrected chi connectivity index (χ3v) is 7.12. The fourth-order valence-electron chi connectivity index (χ4n) is 4.75. The third kappa shape index (κ3) is 4.41. The maximum absolute atomic E-state index is 16.2. The van der Waals surface area contributed by atoms with Gasteiger partial charge in [0.05, 0.1) is 34.5 Å². The first kappa shape index (κ1) is 24.4. The van der Waals surface area contributed by atoms with Gasteiger partial charge in [-0.3, -0.25) is 20.1 Å². The average molecular weight is 519 g/mol. The zero-order valence-electron chi connectivity index (χ0n) is 21.5. The van der Waals surface area contributed by atoms with Crippen molar-refractivity contribution in [2.24, 2.45) is 5.92 Å². The monoisotopic (exact) mass is 518 g/mol. The smallest absolute Gasteiger partial charge is 0.161 e. The predicted octanol–water partition coefficient (Wildman–Crippen LogP) is 6.47. The molecule has 5 aromatic heterocycles. The summed E-state index contributed by atoms with van der Waals surface area (Å²) in [7, 11) is 0. The van der Waals surface area contributed by atoms with E-state index in [1.54, 1.807) is 30.9 Å². The Morgan fingerprint density at radius 2 is 2.03 bits per heavy atom. The molecule has 0 amide bonds. The molecular formula is C30H27FN8. The Hall–Kier alpha value is -4.92. The van der Waals surface area contributed by atoms with Gasteiger partial charge in [-0.25, -0.2) is 9.37 Å². The number of nitrogens with one attached hydrogen (secondary N) is 3. The van der Waals surface area contributed by atoms with Crippen LogP contribution >= 0.6 is 0 Å². The summed E-state index contributed by atoms with van der Waals surface area (Å²) in [6.45, 7) is 9.93. The molecule has 1 fully saturated rings. The van der Waals surface area contributed by atoms with Crippen LogP contribution in [0.2, 0.25) is 0 Å². The molecule has 6 rings (SSSR count). The summed E-state index contributed by atoms with van der Waals surface area (Å²) in [4.78, 5) is 21.2. The van der Waals surface area contributed by atoms with E-state index >= 15 is 4.39 Å². The molecule has 0 spiro atoms. The van der Waals surface area contributed by atoms with Crippen LogP contribution in [0, 0.1) is 11.7 Å². The lowest BCUT2D eigenvalue weighted by molar-refractivity contribution is 0.356. The van der Waals surface area contributed by atoms with Gasteiger partial charge in [0, 0.05) is 34.9 Å². The van der Waals surface area contributed by atoms with E-state index in [1.807, 2.05) is 37.3 Å². The number of fused-ring (bicyclic) bond motifs is 2. The lowest BCUT2D eigenvalue weighted by Crippen LogP contribution is -2.23. The number of H-pyrrole nitrogens is 2. The molecule has 0 atom stereocenters. The number of halogens is 1. The molecule has 194 valence electrons. The van der Waals surface area contributed by atoms with Crippen molar-refractivity contribution >= 4 is 27.5 Å². The van der Waals surface area contributed by atoms with E-state index in [1.165, 1.54) is 6.42 Å². The second-order valence-corrected chi connectivity index (χ2v) is 9.49. The summed E-state index contributed by atoms with van der Waals surface area (Å²) in [6, 6.07) is 5.65. The first-order chi connectivity index (χ1) is 19.1. The van der Waals surface area contributed by atoms with Crippen molar-refractivity contribution in [3.63, 3.8) is 0 Å². The van der Waals surface area contributed by atoms with Crippen molar-refractivity contribution in [1.82, 2.24) is 40.4 Å². The highest BCUT2D eigenvalue weighted by Gasteiger charge is 2.23. The fraction of sp³-hybridized carbons (Fsp3) is 0.167. The van der Waals surface area contributed by atoms with Gasteiger partial charge < -0.3 is 10.3 Å². The van der Waals surface area contributed by atoms with E-state index in [0.717, 1.165) is 35.5 Å². The number of imidazole rings is 1. The van der Waals surface area contributed by atoms with E-state index < -0.39 is 5.82 Å². The van der Waals surface area contributed by atoms with E-state index in [9.17, 15) is 0 Å². The Bertz CT molecular complexity index is 1770. The van der Waals surface area contributed by atoms with Gasteiger partial charge in [0.2, 0.25) is 0 Å². The lowest BCUT2D eigenvalue weighted by Gasteiger charge is -2.28. The SMILES string of the molecule is C=C/C(=C\C(=C/C)c1ncc2[nH]nc(-c3nc4c(-c5ccccn5)cncc4[nH]3)c2c1F)NC(=C)C1CCC1. The standard InChI is InChI=1S/C30H27FN8/c1-4-18(13-20(5-2)35-17(3)19-9-8-10-19)27-26(31)25-23(16-34-27)38-39-29(25)30-36-24-15-32-14-21(28(24)37-30)22-11-6-7-12-33-22/h4-7,11-16,19,35H,2-3,8-10H2,1H3,(H,36,37)(H,38,39)/b18-4+,20-13+. The van der Waals surface area contributed by atoms with Crippen molar-refractivity contribution in [1.29, 1.82) is 0 Å². The van der Waals surface area contributed by atoms with Crippen LogP contribution in [0.5, 0.6) is 0 Å². The van der Waals surface area contributed by atoms with Gasteiger partial charge in [-0.2, -0.15) is 5.10 Å². The zero-order valence-corrected chi connectivity index (χ0v) is 21.5. The van der Waals surface area contributed by atoms with E-state index in [-0.39, 0.29) is 5.69 Å². The van der Waals surface area contributed by atoms with Crippen molar-refractivity contribution in [2.45, 2.75) is 26.2 Å². The molecule has 1 saturated carbocycles. The van der Waals surface area contributed by atoms with Crippen LogP contribution in [0.1, 0.15) is 31.9 Å². The lowest BCUT2D eigenvalue weighted by atomic mass is 9.83. The van der Waals surface area contributed by atoms with Gasteiger partial charge >= 0.3 is 0 Å². The van der Waals surface area contributed by atoms with Crippen LogP contribution in [0.25, 0.3) is 50.3 Å². The van der Waals surface area contributed by atoms with Crippen LogP contribution in [-0.4, -0.2) is 35.1 Å². The van der Waals surface area contributed by atoms with Gasteiger partial charge in [-0.15, -0.1) is 0 Å². The highest BCUT2D eigenvalue weighted by atomic mass is 19.1. The van der Waals surface area contributed by atoms with Gasteiger partial charge in [-0.05, 0) is 50.0 Å². The maximum Gasteiger partial charge on any atom is 0.161 e. The number of nitrogens with zero attached hydrogens (tertiary/aromatic N) is 5. The molecule has 0 unspecified atom stereocenters. The van der Waals surface area contributed by atoms with Gasteiger partial charge in [0.15, 0.2) is 11.6 Å². The van der Waals surface area contributed by atoms with E-state index in [4.69, 9.17) is 4.98 Å². The molecule has 8 nitrogen and oxygen atoms in total. The number of hydrogen-bond acceptors (Lipinski definition) is 6. The molecule has 1 aliphatic rings. The molecule has 39 heavy (non-hydrogen) atoms. The molecule has 0 aliphatic heterocycles. The normalized spacial score (nSPS) is 14.5. The second kappa shape index (κ2) is 10.1. The van der Waals surface area contributed by atoms with Crippen LogP contribution in [0.15, 0.2) is 85.8 Å². The zero-order chi connectivity index (χ0) is 26.9. The van der Waals surface area contributed by atoms with Crippen LogP contribution in [-0.2, 0) is 0 Å². The van der Waals surface area contributed by atoms with Gasteiger partial charge in [-0.1, -0.05) is 31.7 Å². The Morgan fingerprint density at radius 3 is 2.74 bits per heavy atom. The van der Waals surface area contributed by atoms with Gasteiger partial charge in [0.25, 0.3) is 0 Å². The van der Waals surface area contributed by atoms with Gasteiger partial charge in [0.1, 0.15) is 16.9 Å². The fourth-order valence-corrected chi connectivity index (χ4v) is 4.75. The van der Waals surface area contributed by atoms with Crippen molar-refractivity contribution < 1.29 is 4.39 Å². The Labute approximate surface area is 224 Å². The minimum Gasteiger partial charge on any atom is -0.359 e. The Morgan fingerprint density at radius 1 is 1.15 bits per heavy atom. The summed E-state index contributed by atoms with van der Waals surface area (Å²) in [5, 5.41) is 10.9. The highest BCUT2D eigenvalue weighted by molar-refractivity contribution is 5.97. The summed E-state index contributed by atoms with van der Waals surface area (Å²) >= 11 is 0. The van der Waals surface area contributed by atoms with Crippen molar-refractivity contribution in [3.8, 4) is 22.8 Å². The van der Waals surface area contributed by atoms with Crippen molar-refractivity contribution in [2.75, 3.05) is 0 Å². The molecule has 0 bridgehead atoms. The molecule has 9 heteroatoms. The molecule has 0 aromatic carbocycles. The van der Waals surface area contributed by atoms with Crippen LogP contribution in [0.3, 0.4) is 0 Å². The Kier molecular flexibility index (Phi) is 6.32. The van der Waals surface area contributed by atoms with Crippen molar-refractivity contribution in [3.05, 3.63) is 97.3 Å². The van der Waals surface area contributed by atoms with E-state index in [0.29, 0.717) is 44.9 Å². The average Bonchev–Trinajstić information content (AvgIpc) is 3.55. The first-order valence-corrected chi connectivity index (χ1v) is 12.8. The molecule has 1 aliphatic carbocycles. The summed E-state index contributed by atoms with van der Waals surface area (Å²) < 4.78 is 16.2.